The van der Waals surface area contributed by atoms with Crippen LogP contribution in [-0.2, 0) is 6.42 Å². The smallest absolute Gasteiger partial charge is 0.0172 e. The molecule has 0 amide bonds. The highest BCUT2D eigenvalue weighted by molar-refractivity contribution is 9.09. The van der Waals surface area contributed by atoms with E-state index in [1.807, 2.05) is 0 Å². The lowest BCUT2D eigenvalue weighted by molar-refractivity contribution is 0.582. The Labute approximate surface area is 125 Å². The first kappa shape index (κ1) is 14.3. The summed E-state index contributed by atoms with van der Waals surface area (Å²) >= 11 is 3.75. The zero-order chi connectivity index (χ0) is 13.7. The summed E-state index contributed by atoms with van der Waals surface area (Å²) in [6.45, 7) is 4.52. The number of rotatable bonds is 5. The topological polar surface area (TPSA) is 0 Å². The summed E-state index contributed by atoms with van der Waals surface area (Å²) < 4.78 is 0. The molecule has 0 aliphatic rings. The van der Waals surface area contributed by atoms with Crippen molar-refractivity contribution in [2.75, 3.05) is 0 Å². The average Bonchev–Trinajstić information content (AvgIpc) is 2.46. The minimum atomic E-state index is 0.612. The summed E-state index contributed by atoms with van der Waals surface area (Å²) in [6.07, 6.45) is 2.34. The van der Waals surface area contributed by atoms with E-state index < -0.39 is 0 Å². The second-order valence-corrected chi connectivity index (χ2v) is 6.54. The monoisotopic (exact) mass is 316 g/mol. The zero-order valence-corrected chi connectivity index (χ0v) is 13.2. The van der Waals surface area contributed by atoms with Gasteiger partial charge in [-0.05, 0) is 35.4 Å². The summed E-state index contributed by atoms with van der Waals surface area (Å²) in [6, 6.07) is 19.5. The van der Waals surface area contributed by atoms with E-state index in [0.717, 1.165) is 6.42 Å². The first-order chi connectivity index (χ1) is 9.16. The minimum Gasteiger partial charge on any atom is -0.0888 e. The number of hydrogen-bond acceptors (Lipinski definition) is 0. The molecule has 0 heterocycles. The van der Waals surface area contributed by atoms with Crippen LogP contribution in [0.2, 0.25) is 0 Å². The van der Waals surface area contributed by atoms with Gasteiger partial charge in [0.25, 0.3) is 0 Å². The molecule has 0 saturated carbocycles. The molecule has 0 radical (unpaired) electrons. The Bertz CT molecular complexity index is 485. The lowest BCUT2D eigenvalue weighted by Gasteiger charge is -2.13. The standard InChI is InChI=1S/C18H21Br/c1-14(2)18(19)13-10-15-8-11-17(12-9-15)16-6-4-3-5-7-16/h3-9,11-12,14,18H,10,13H2,1-2H3. The van der Waals surface area contributed by atoms with Gasteiger partial charge in [-0.1, -0.05) is 84.4 Å². The predicted molar refractivity (Wildman–Crippen MR) is 87.8 cm³/mol. The second-order valence-electron chi connectivity index (χ2n) is 5.36. The number of aryl methyl sites for hydroxylation is 1. The molecule has 0 fully saturated rings. The van der Waals surface area contributed by atoms with E-state index in [0.29, 0.717) is 10.7 Å². The molecule has 2 rings (SSSR count). The van der Waals surface area contributed by atoms with Crippen LogP contribution in [0, 0.1) is 5.92 Å². The van der Waals surface area contributed by atoms with Crippen LogP contribution in [0.5, 0.6) is 0 Å². The van der Waals surface area contributed by atoms with Gasteiger partial charge < -0.3 is 0 Å². The van der Waals surface area contributed by atoms with Crippen LogP contribution in [0.3, 0.4) is 0 Å². The summed E-state index contributed by atoms with van der Waals surface area (Å²) in [4.78, 5) is 0.612. The van der Waals surface area contributed by atoms with E-state index in [1.165, 1.54) is 23.1 Å². The van der Waals surface area contributed by atoms with E-state index in [9.17, 15) is 0 Å². The quantitative estimate of drug-likeness (QED) is 0.620. The van der Waals surface area contributed by atoms with E-state index in [2.05, 4.69) is 84.4 Å². The molecule has 0 N–H and O–H groups in total. The maximum Gasteiger partial charge on any atom is 0.0172 e. The van der Waals surface area contributed by atoms with Gasteiger partial charge in [0.15, 0.2) is 0 Å². The number of hydrogen-bond donors (Lipinski definition) is 0. The molecule has 1 atom stereocenters. The van der Waals surface area contributed by atoms with Crippen molar-refractivity contribution >= 4 is 15.9 Å². The maximum atomic E-state index is 3.75. The van der Waals surface area contributed by atoms with Crippen molar-refractivity contribution in [3.05, 3.63) is 60.2 Å². The van der Waals surface area contributed by atoms with E-state index in [-0.39, 0.29) is 0 Å². The Morgan fingerprint density at radius 2 is 1.42 bits per heavy atom. The van der Waals surface area contributed by atoms with Crippen LogP contribution in [-0.4, -0.2) is 4.83 Å². The van der Waals surface area contributed by atoms with Gasteiger partial charge >= 0.3 is 0 Å². The van der Waals surface area contributed by atoms with Gasteiger partial charge in [0, 0.05) is 4.83 Å². The molecule has 0 saturated heterocycles. The Hall–Kier alpha value is -1.08. The fraction of sp³-hybridized carbons (Fsp3) is 0.333. The largest absolute Gasteiger partial charge is 0.0888 e. The first-order valence-electron chi connectivity index (χ1n) is 6.95. The predicted octanol–water partition coefficient (Wildman–Crippen LogP) is 5.71. The van der Waals surface area contributed by atoms with Crippen molar-refractivity contribution in [2.45, 2.75) is 31.5 Å². The van der Waals surface area contributed by atoms with Crippen molar-refractivity contribution < 1.29 is 0 Å². The van der Waals surface area contributed by atoms with E-state index >= 15 is 0 Å². The van der Waals surface area contributed by atoms with Crippen molar-refractivity contribution in [1.82, 2.24) is 0 Å². The molecule has 19 heavy (non-hydrogen) atoms. The van der Waals surface area contributed by atoms with Gasteiger partial charge in [0.2, 0.25) is 0 Å². The van der Waals surface area contributed by atoms with Crippen LogP contribution in [0.1, 0.15) is 25.8 Å². The summed E-state index contributed by atoms with van der Waals surface area (Å²) in [7, 11) is 0. The van der Waals surface area contributed by atoms with Crippen LogP contribution >= 0.6 is 15.9 Å². The van der Waals surface area contributed by atoms with Crippen molar-refractivity contribution in [1.29, 1.82) is 0 Å². The fourth-order valence-electron chi connectivity index (χ4n) is 2.13. The van der Waals surface area contributed by atoms with Gasteiger partial charge in [0.05, 0.1) is 0 Å². The molecule has 1 unspecified atom stereocenters. The highest BCUT2D eigenvalue weighted by Gasteiger charge is 2.08. The van der Waals surface area contributed by atoms with Gasteiger partial charge in [0.1, 0.15) is 0 Å². The molecule has 0 aromatic heterocycles. The average molecular weight is 317 g/mol. The molecule has 0 nitrogen and oxygen atoms in total. The molecule has 0 aliphatic carbocycles. The van der Waals surface area contributed by atoms with Crippen LogP contribution < -0.4 is 0 Å². The maximum absolute atomic E-state index is 3.75. The third-order valence-corrected chi connectivity index (χ3v) is 5.01. The van der Waals surface area contributed by atoms with Crippen molar-refractivity contribution in [3.8, 4) is 11.1 Å². The van der Waals surface area contributed by atoms with E-state index in [1.54, 1.807) is 0 Å². The molecular weight excluding hydrogens is 296 g/mol. The zero-order valence-electron chi connectivity index (χ0n) is 11.6. The lowest BCUT2D eigenvalue weighted by Crippen LogP contribution is -2.08. The lowest BCUT2D eigenvalue weighted by atomic mass is 9.99. The Morgan fingerprint density at radius 1 is 0.842 bits per heavy atom. The summed E-state index contributed by atoms with van der Waals surface area (Å²) in [5.74, 6) is 0.698. The van der Waals surface area contributed by atoms with Gasteiger partial charge in [-0.3, -0.25) is 0 Å². The molecule has 100 valence electrons. The van der Waals surface area contributed by atoms with Gasteiger partial charge in [-0.25, -0.2) is 0 Å². The number of halogens is 1. The highest BCUT2D eigenvalue weighted by Crippen LogP contribution is 2.22. The normalized spacial score (nSPS) is 12.6. The van der Waals surface area contributed by atoms with Crippen molar-refractivity contribution in [2.24, 2.45) is 5.92 Å². The third-order valence-electron chi connectivity index (χ3n) is 3.49. The molecule has 2 aromatic rings. The molecule has 0 spiro atoms. The number of alkyl halides is 1. The third kappa shape index (κ3) is 4.21. The van der Waals surface area contributed by atoms with Gasteiger partial charge in [-0.2, -0.15) is 0 Å². The molecule has 0 bridgehead atoms. The van der Waals surface area contributed by atoms with Crippen molar-refractivity contribution in [3.63, 3.8) is 0 Å². The number of benzene rings is 2. The van der Waals surface area contributed by atoms with Gasteiger partial charge in [-0.15, -0.1) is 0 Å². The van der Waals surface area contributed by atoms with Crippen LogP contribution in [0.25, 0.3) is 11.1 Å². The Kier molecular flexibility index (Phi) is 5.21. The fourth-order valence-corrected chi connectivity index (χ4v) is 2.36. The highest BCUT2D eigenvalue weighted by atomic mass is 79.9. The SMILES string of the molecule is CC(C)C(Br)CCc1ccc(-c2ccccc2)cc1. The minimum absolute atomic E-state index is 0.612. The van der Waals surface area contributed by atoms with E-state index in [4.69, 9.17) is 0 Å². The molecular formula is C18H21Br. The first-order valence-corrected chi connectivity index (χ1v) is 7.87. The molecule has 2 aromatic carbocycles. The summed E-state index contributed by atoms with van der Waals surface area (Å²) in [5, 5.41) is 0. The Balaban J connectivity index is 1.99. The molecule has 0 aliphatic heterocycles. The Morgan fingerprint density at radius 3 is 2.00 bits per heavy atom. The van der Waals surface area contributed by atoms with Crippen LogP contribution in [0.4, 0.5) is 0 Å². The van der Waals surface area contributed by atoms with Crippen LogP contribution in [0.15, 0.2) is 54.6 Å². The summed E-state index contributed by atoms with van der Waals surface area (Å²) in [5.41, 5.74) is 4.00. The molecule has 1 heteroatoms. The second kappa shape index (κ2) is 6.91.